The van der Waals surface area contributed by atoms with E-state index in [0.717, 1.165) is 18.7 Å². The lowest BCUT2D eigenvalue weighted by Crippen LogP contribution is -2.52. The van der Waals surface area contributed by atoms with Crippen LogP contribution >= 0.6 is 0 Å². The van der Waals surface area contributed by atoms with Crippen molar-refractivity contribution in [3.8, 4) is 0 Å². The van der Waals surface area contributed by atoms with Crippen LogP contribution < -0.4 is 4.90 Å². The third-order valence-corrected chi connectivity index (χ3v) is 5.36. The molecule has 156 valence electrons. The number of carbonyl (C=O) groups is 5. The Hall–Kier alpha value is -3.53. The number of esters is 2. The maximum absolute atomic E-state index is 13.3. The summed E-state index contributed by atoms with van der Waals surface area (Å²) in [6, 6.07) is 5.29. The molecule has 0 aliphatic carbocycles. The molecule has 3 aliphatic heterocycles. The lowest BCUT2D eigenvalue weighted by Gasteiger charge is -2.34. The quantitative estimate of drug-likeness (QED) is 0.318. The van der Waals surface area contributed by atoms with Gasteiger partial charge in [-0.05, 0) is 30.3 Å². The van der Waals surface area contributed by atoms with Gasteiger partial charge in [-0.15, -0.1) is 0 Å². The fourth-order valence-corrected chi connectivity index (χ4v) is 4.22. The van der Waals surface area contributed by atoms with Gasteiger partial charge in [-0.3, -0.25) is 19.2 Å². The lowest BCUT2D eigenvalue weighted by molar-refractivity contribution is -0.226. The molecule has 0 aromatic heterocycles. The van der Waals surface area contributed by atoms with Crippen LogP contribution in [0.2, 0.25) is 0 Å². The fourth-order valence-electron chi connectivity index (χ4n) is 4.22. The van der Waals surface area contributed by atoms with Crippen molar-refractivity contribution in [2.45, 2.75) is 31.8 Å². The first-order valence-corrected chi connectivity index (χ1v) is 9.08. The second-order valence-corrected chi connectivity index (χ2v) is 7.21. The predicted molar refractivity (Wildman–Crippen MR) is 96.9 cm³/mol. The average Bonchev–Trinajstić information content (AvgIpc) is 3.32. The van der Waals surface area contributed by atoms with Gasteiger partial charge in [0.2, 0.25) is 11.8 Å². The molecule has 10 nitrogen and oxygen atoms in total. The zero-order valence-electron chi connectivity index (χ0n) is 15.9. The number of fused-ring (bicyclic) bond motifs is 5. The zero-order valence-corrected chi connectivity index (χ0v) is 15.9. The summed E-state index contributed by atoms with van der Waals surface area (Å²) in [6.45, 7) is 2.24. The van der Waals surface area contributed by atoms with Crippen molar-refractivity contribution >= 4 is 35.4 Å². The number of rotatable bonds is 5. The Morgan fingerprint density at radius 3 is 2.20 bits per heavy atom. The van der Waals surface area contributed by atoms with Gasteiger partial charge >= 0.3 is 17.9 Å². The Labute approximate surface area is 170 Å². The van der Waals surface area contributed by atoms with Crippen LogP contribution in [0.15, 0.2) is 36.4 Å². The van der Waals surface area contributed by atoms with E-state index in [1.165, 1.54) is 30.3 Å². The molecule has 0 unspecified atom stereocenters. The standard InChI is InChI=1S/C20H17NO9/c1-9(22)28-19(29-10(2)23)20-8-7-13(30-20)14-15(20)17(25)21(16(14)24)12-5-3-11(4-6-12)18(26)27/h3-8,13-15,19H,1-2H3,(H,26,27)/t13-,14-,15+,20+/m1/s1. The largest absolute Gasteiger partial charge is 0.478 e. The van der Waals surface area contributed by atoms with Crippen LogP contribution in [0, 0.1) is 11.8 Å². The normalized spacial score (nSPS) is 28.8. The number of hydrogen-bond acceptors (Lipinski definition) is 8. The van der Waals surface area contributed by atoms with E-state index in [-0.39, 0.29) is 11.3 Å². The second-order valence-electron chi connectivity index (χ2n) is 7.21. The van der Waals surface area contributed by atoms with E-state index in [9.17, 15) is 24.0 Å². The molecule has 10 heteroatoms. The summed E-state index contributed by atoms with van der Waals surface area (Å²) in [5.74, 6) is -5.77. The molecule has 0 spiro atoms. The van der Waals surface area contributed by atoms with Gasteiger partial charge in [0.1, 0.15) is 0 Å². The SMILES string of the molecule is CC(=O)OC(OC(C)=O)[C@@]12C=C[C@@H](O1)[C@H]1C(=O)N(c3ccc(C(=O)O)cc3)C(=O)[C@H]12. The Balaban J connectivity index is 1.71. The first-order chi connectivity index (χ1) is 14.2. The highest BCUT2D eigenvalue weighted by Crippen LogP contribution is 2.54. The molecule has 4 atom stereocenters. The summed E-state index contributed by atoms with van der Waals surface area (Å²) in [7, 11) is 0. The van der Waals surface area contributed by atoms with E-state index in [1.54, 1.807) is 6.08 Å². The molecule has 3 heterocycles. The minimum absolute atomic E-state index is 0.00404. The number of imide groups is 1. The van der Waals surface area contributed by atoms with Gasteiger partial charge in [0.15, 0.2) is 5.60 Å². The molecule has 1 aromatic carbocycles. The molecule has 30 heavy (non-hydrogen) atoms. The topological polar surface area (TPSA) is 137 Å². The number of anilines is 1. The molecular weight excluding hydrogens is 398 g/mol. The number of carboxylic acid groups (broad SMARTS) is 1. The van der Waals surface area contributed by atoms with Crippen molar-refractivity contribution in [2.75, 3.05) is 4.90 Å². The molecule has 3 aliphatic rings. The van der Waals surface area contributed by atoms with Crippen LogP contribution in [-0.4, -0.2) is 52.8 Å². The average molecular weight is 415 g/mol. The Morgan fingerprint density at radius 2 is 1.67 bits per heavy atom. The predicted octanol–water partition coefficient (Wildman–Crippen LogP) is 0.650. The van der Waals surface area contributed by atoms with Gasteiger partial charge in [0.05, 0.1) is 29.2 Å². The Bertz CT molecular complexity index is 982. The minimum Gasteiger partial charge on any atom is -0.478 e. The highest BCUT2D eigenvalue weighted by molar-refractivity contribution is 6.23. The number of carboxylic acids is 1. The summed E-state index contributed by atoms with van der Waals surface area (Å²) in [5, 5.41) is 9.04. The van der Waals surface area contributed by atoms with Crippen molar-refractivity contribution < 1.29 is 43.3 Å². The van der Waals surface area contributed by atoms with Crippen LogP contribution in [0.5, 0.6) is 0 Å². The molecular formula is C20H17NO9. The van der Waals surface area contributed by atoms with Gasteiger partial charge in [-0.25, -0.2) is 9.69 Å². The lowest BCUT2D eigenvalue weighted by atomic mass is 9.76. The zero-order chi connectivity index (χ0) is 21.8. The molecule has 2 saturated heterocycles. The third-order valence-electron chi connectivity index (χ3n) is 5.36. The van der Waals surface area contributed by atoms with Crippen LogP contribution in [0.4, 0.5) is 5.69 Å². The first-order valence-electron chi connectivity index (χ1n) is 9.08. The smallest absolute Gasteiger partial charge is 0.335 e. The van der Waals surface area contributed by atoms with Crippen LogP contribution in [-0.2, 0) is 33.4 Å². The number of benzene rings is 1. The number of nitrogens with zero attached hydrogens (tertiary/aromatic N) is 1. The van der Waals surface area contributed by atoms with Crippen LogP contribution in [0.25, 0.3) is 0 Å². The van der Waals surface area contributed by atoms with Gasteiger partial charge in [0, 0.05) is 13.8 Å². The molecule has 0 saturated carbocycles. The summed E-state index contributed by atoms with van der Waals surface area (Å²) >= 11 is 0. The second kappa shape index (κ2) is 6.77. The molecule has 2 bridgehead atoms. The summed E-state index contributed by atoms with van der Waals surface area (Å²) < 4.78 is 16.1. The summed E-state index contributed by atoms with van der Waals surface area (Å²) in [5.41, 5.74) is -1.42. The van der Waals surface area contributed by atoms with E-state index in [0.29, 0.717) is 0 Å². The Morgan fingerprint density at radius 1 is 1.07 bits per heavy atom. The van der Waals surface area contributed by atoms with Gasteiger partial charge < -0.3 is 19.3 Å². The van der Waals surface area contributed by atoms with E-state index in [1.807, 2.05) is 0 Å². The molecule has 0 radical (unpaired) electrons. The molecule has 1 N–H and O–H groups in total. The number of ether oxygens (including phenoxy) is 3. The third kappa shape index (κ3) is 2.79. The number of aromatic carboxylic acids is 1. The van der Waals surface area contributed by atoms with E-state index < -0.39 is 59.6 Å². The van der Waals surface area contributed by atoms with Crippen LogP contribution in [0.3, 0.4) is 0 Å². The Kier molecular flexibility index (Phi) is 4.46. The van der Waals surface area contributed by atoms with Gasteiger partial charge in [0.25, 0.3) is 6.29 Å². The monoisotopic (exact) mass is 415 g/mol. The molecule has 2 fully saturated rings. The van der Waals surface area contributed by atoms with Gasteiger partial charge in [-0.2, -0.15) is 0 Å². The summed E-state index contributed by atoms with van der Waals surface area (Å²) in [6.07, 6.45) is 0.749. The van der Waals surface area contributed by atoms with Crippen molar-refractivity contribution in [3.63, 3.8) is 0 Å². The van der Waals surface area contributed by atoms with E-state index >= 15 is 0 Å². The maximum Gasteiger partial charge on any atom is 0.335 e. The molecule has 4 rings (SSSR count). The van der Waals surface area contributed by atoms with Crippen molar-refractivity contribution in [1.29, 1.82) is 0 Å². The number of carbonyl (C=O) groups excluding carboxylic acids is 4. The highest BCUT2D eigenvalue weighted by atomic mass is 16.7. The summed E-state index contributed by atoms with van der Waals surface area (Å²) in [4.78, 5) is 61.5. The maximum atomic E-state index is 13.3. The van der Waals surface area contributed by atoms with Crippen molar-refractivity contribution in [3.05, 3.63) is 42.0 Å². The van der Waals surface area contributed by atoms with Gasteiger partial charge in [-0.1, -0.05) is 6.08 Å². The van der Waals surface area contributed by atoms with E-state index in [2.05, 4.69) is 0 Å². The van der Waals surface area contributed by atoms with Crippen molar-refractivity contribution in [1.82, 2.24) is 0 Å². The van der Waals surface area contributed by atoms with E-state index in [4.69, 9.17) is 19.3 Å². The molecule has 2 amide bonds. The van der Waals surface area contributed by atoms with Crippen molar-refractivity contribution in [2.24, 2.45) is 11.8 Å². The highest BCUT2D eigenvalue weighted by Gasteiger charge is 2.72. The minimum atomic E-state index is -1.63. The molecule has 1 aromatic rings. The first kappa shape index (κ1) is 19.8. The number of amides is 2. The number of hydrogen-bond donors (Lipinski definition) is 1. The van der Waals surface area contributed by atoms with Crippen LogP contribution in [0.1, 0.15) is 24.2 Å². The fraction of sp³-hybridized carbons (Fsp3) is 0.350.